The van der Waals surface area contributed by atoms with Crippen LogP contribution in [0.5, 0.6) is 5.75 Å². The van der Waals surface area contributed by atoms with E-state index in [0.29, 0.717) is 23.0 Å². The zero-order valence-corrected chi connectivity index (χ0v) is 18.4. The standard InChI is InChI=1S/C27H30N2O3/c1-27(12-11-19-13-17-5-3-2-4-6-18(17)14-20(19)15-27)28-16-24(31)21-7-9-23(30)26-22(21)8-10-25(32)29-26/h4,6-11,14,24,28,30-31H,2-3,5,12-13,15-16H2,1H3,(H,29,32)/t24-,27?/m0/s1. The van der Waals surface area contributed by atoms with Crippen molar-refractivity contribution in [2.75, 3.05) is 6.54 Å². The van der Waals surface area contributed by atoms with Crippen LogP contribution in [0.25, 0.3) is 10.9 Å². The first-order chi connectivity index (χ1) is 15.4. The minimum Gasteiger partial charge on any atom is -0.506 e. The van der Waals surface area contributed by atoms with E-state index in [4.69, 9.17) is 0 Å². The molecule has 4 N–H and O–H groups in total. The third kappa shape index (κ3) is 3.98. The van der Waals surface area contributed by atoms with Crippen molar-refractivity contribution >= 4 is 10.9 Å². The van der Waals surface area contributed by atoms with Crippen molar-refractivity contribution in [3.63, 3.8) is 0 Å². The van der Waals surface area contributed by atoms with Gasteiger partial charge in [-0.15, -0.1) is 0 Å². The molecule has 5 heteroatoms. The predicted molar refractivity (Wildman–Crippen MR) is 128 cm³/mol. The molecule has 166 valence electrons. The molecule has 1 aromatic heterocycles. The Hall–Kier alpha value is -2.89. The van der Waals surface area contributed by atoms with E-state index in [1.165, 1.54) is 41.7 Å². The zero-order chi connectivity index (χ0) is 22.3. The number of rotatable bonds is 4. The summed E-state index contributed by atoms with van der Waals surface area (Å²) in [5, 5.41) is 25.3. The van der Waals surface area contributed by atoms with Gasteiger partial charge in [0.25, 0.3) is 0 Å². The van der Waals surface area contributed by atoms with Crippen molar-refractivity contribution in [2.45, 2.75) is 57.1 Å². The highest BCUT2D eigenvalue weighted by molar-refractivity contribution is 5.87. The van der Waals surface area contributed by atoms with Crippen LogP contribution in [-0.4, -0.2) is 27.3 Å². The highest BCUT2D eigenvalue weighted by atomic mass is 16.3. The zero-order valence-electron chi connectivity index (χ0n) is 18.4. The molecule has 0 fully saturated rings. The topological polar surface area (TPSA) is 85.3 Å². The molecule has 5 rings (SSSR count). The predicted octanol–water partition coefficient (Wildman–Crippen LogP) is 4.70. The molecule has 5 nitrogen and oxygen atoms in total. The lowest BCUT2D eigenvalue weighted by molar-refractivity contribution is 0.158. The molecule has 1 unspecified atom stereocenters. The fourth-order valence-corrected chi connectivity index (χ4v) is 5.22. The molecule has 0 saturated carbocycles. The fraction of sp³-hybridized carbons (Fsp3) is 0.370. The number of hydrogen-bond donors (Lipinski definition) is 4. The summed E-state index contributed by atoms with van der Waals surface area (Å²) in [6.45, 7) is 2.60. The van der Waals surface area contributed by atoms with Crippen molar-refractivity contribution < 1.29 is 10.2 Å². The second-order valence-electron chi connectivity index (χ2n) is 9.55. The van der Waals surface area contributed by atoms with Crippen molar-refractivity contribution in [2.24, 2.45) is 0 Å². The number of aliphatic hydroxyl groups excluding tert-OH is 1. The second-order valence-corrected chi connectivity index (χ2v) is 9.55. The van der Waals surface area contributed by atoms with E-state index in [1.54, 1.807) is 17.7 Å². The Balaban J connectivity index is 1.34. The molecule has 2 aromatic rings. The number of aromatic amines is 1. The number of phenolic OH excluding ortho intramolecular Hbond substituents is 1. The van der Waals surface area contributed by atoms with Crippen LogP contribution in [0, 0.1) is 0 Å². The average molecular weight is 431 g/mol. The number of aliphatic hydroxyl groups is 1. The maximum absolute atomic E-state index is 11.7. The molecule has 0 bridgehead atoms. The van der Waals surface area contributed by atoms with Gasteiger partial charge in [-0.2, -0.15) is 0 Å². The first-order valence-corrected chi connectivity index (χ1v) is 11.5. The summed E-state index contributed by atoms with van der Waals surface area (Å²) in [7, 11) is 0. The number of phenols is 1. The van der Waals surface area contributed by atoms with E-state index in [2.05, 4.69) is 41.5 Å². The van der Waals surface area contributed by atoms with Crippen molar-refractivity contribution in [3.05, 3.63) is 86.8 Å². The van der Waals surface area contributed by atoms with Crippen LogP contribution in [0.1, 0.15) is 57.1 Å². The maximum atomic E-state index is 11.7. The summed E-state index contributed by atoms with van der Waals surface area (Å²) in [6.07, 6.45) is 15.1. The van der Waals surface area contributed by atoms with Crippen LogP contribution in [0.15, 0.2) is 75.7 Å². The van der Waals surface area contributed by atoms with E-state index >= 15 is 0 Å². The van der Waals surface area contributed by atoms with Gasteiger partial charge in [-0.3, -0.25) is 4.79 Å². The lowest BCUT2D eigenvalue weighted by Crippen LogP contribution is -2.46. The van der Waals surface area contributed by atoms with Gasteiger partial charge >= 0.3 is 0 Å². The molecule has 1 heterocycles. The number of fused-ring (bicyclic) bond motifs is 2. The Morgan fingerprint density at radius 1 is 1.22 bits per heavy atom. The highest BCUT2D eigenvalue weighted by Gasteiger charge is 2.32. The minimum atomic E-state index is -0.759. The van der Waals surface area contributed by atoms with Gasteiger partial charge in [0.2, 0.25) is 5.56 Å². The summed E-state index contributed by atoms with van der Waals surface area (Å²) in [5.74, 6) is 0.00369. The van der Waals surface area contributed by atoms with Gasteiger partial charge in [-0.25, -0.2) is 0 Å². The number of pyridine rings is 1. The van der Waals surface area contributed by atoms with Gasteiger partial charge in [0.15, 0.2) is 0 Å². The Kier molecular flexibility index (Phi) is 5.39. The Labute approximate surface area is 187 Å². The first-order valence-electron chi connectivity index (χ1n) is 11.5. The summed E-state index contributed by atoms with van der Waals surface area (Å²) in [4.78, 5) is 14.3. The lowest BCUT2D eigenvalue weighted by atomic mass is 9.75. The number of H-pyrrole nitrogens is 1. The Bertz CT molecular complexity index is 1250. The van der Waals surface area contributed by atoms with Crippen LogP contribution in [0.3, 0.4) is 0 Å². The number of allylic oxidation sites excluding steroid dienone is 6. The van der Waals surface area contributed by atoms with Crippen molar-refractivity contribution in [3.8, 4) is 5.75 Å². The largest absolute Gasteiger partial charge is 0.506 e. The van der Waals surface area contributed by atoms with E-state index in [9.17, 15) is 15.0 Å². The molecule has 32 heavy (non-hydrogen) atoms. The van der Waals surface area contributed by atoms with Gasteiger partial charge in [0.05, 0.1) is 11.6 Å². The van der Waals surface area contributed by atoms with E-state index in [0.717, 1.165) is 25.7 Å². The second kappa shape index (κ2) is 8.23. The Morgan fingerprint density at radius 3 is 2.97 bits per heavy atom. The molecule has 0 amide bonds. The van der Waals surface area contributed by atoms with Crippen LogP contribution < -0.4 is 10.9 Å². The van der Waals surface area contributed by atoms with Crippen molar-refractivity contribution in [1.29, 1.82) is 0 Å². The third-order valence-corrected chi connectivity index (χ3v) is 7.07. The van der Waals surface area contributed by atoms with E-state index in [-0.39, 0.29) is 16.8 Å². The molecule has 1 aromatic carbocycles. The van der Waals surface area contributed by atoms with Crippen LogP contribution in [-0.2, 0) is 0 Å². The Morgan fingerprint density at radius 2 is 2.09 bits per heavy atom. The van der Waals surface area contributed by atoms with Crippen molar-refractivity contribution in [1.82, 2.24) is 10.3 Å². The lowest BCUT2D eigenvalue weighted by Gasteiger charge is -2.38. The van der Waals surface area contributed by atoms with Gasteiger partial charge in [-0.1, -0.05) is 35.9 Å². The van der Waals surface area contributed by atoms with E-state index < -0.39 is 6.10 Å². The number of benzene rings is 1. The molecule has 2 atom stereocenters. The molecule has 3 aliphatic rings. The number of hydrogen-bond acceptors (Lipinski definition) is 4. The van der Waals surface area contributed by atoms with Gasteiger partial charge < -0.3 is 20.5 Å². The monoisotopic (exact) mass is 430 g/mol. The molecule has 0 spiro atoms. The SMILES string of the molecule is CC1(NC[C@H](O)c2ccc(O)c3[nH]c(=O)ccc23)CC=C2CC3=C(C=CCCC3)C=C2C1. The molecule has 0 radical (unpaired) electrons. The highest BCUT2D eigenvalue weighted by Crippen LogP contribution is 2.41. The fourth-order valence-electron chi connectivity index (χ4n) is 5.22. The first kappa shape index (κ1) is 21.0. The molecular formula is C27H30N2O3. The summed E-state index contributed by atoms with van der Waals surface area (Å²) >= 11 is 0. The average Bonchev–Trinajstić information content (AvgIpc) is 3.01. The van der Waals surface area contributed by atoms with Crippen LogP contribution in [0.2, 0.25) is 0 Å². The van der Waals surface area contributed by atoms with E-state index in [1.807, 2.05) is 0 Å². The van der Waals surface area contributed by atoms with Gasteiger partial charge in [0.1, 0.15) is 5.75 Å². The molecule has 0 aliphatic heterocycles. The summed E-state index contributed by atoms with van der Waals surface area (Å²) in [6, 6.07) is 6.31. The minimum absolute atomic E-state index is 0.00369. The van der Waals surface area contributed by atoms with Crippen LogP contribution in [0.4, 0.5) is 0 Å². The molecule has 0 saturated heterocycles. The maximum Gasteiger partial charge on any atom is 0.248 e. The number of β-amino-alcohol motifs (C(OH)–C–C–N with tert-alkyl or cyclic N) is 1. The smallest absolute Gasteiger partial charge is 0.248 e. The van der Waals surface area contributed by atoms with Gasteiger partial charge in [0, 0.05) is 23.5 Å². The number of aromatic hydroxyl groups is 1. The quantitative estimate of drug-likeness (QED) is 0.566. The normalized spacial score (nSPS) is 23.8. The van der Waals surface area contributed by atoms with Crippen LogP contribution >= 0.6 is 0 Å². The van der Waals surface area contributed by atoms with Gasteiger partial charge in [-0.05, 0) is 79.9 Å². The number of aromatic nitrogens is 1. The molecule has 3 aliphatic carbocycles. The molecular weight excluding hydrogens is 400 g/mol. The third-order valence-electron chi connectivity index (χ3n) is 7.07. The summed E-state index contributed by atoms with van der Waals surface area (Å²) < 4.78 is 0. The number of nitrogens with one attached hydrogen (secondary N) is 2. The summed E-state index contributed by atoms with van der Waals surface area (Å²) in [5.41, 5.74) is 6.46.